The maximum absolute atomic E-state index is 13.0. The van der Waals surface area contributed by atoms with E-state index in [0.29, 0.717) is 5.56 Å². The third-order valence-corrected chi connectivity index (χ3v) is 5.74. The number of para-hydroxylation sites is 2. The highest BCUT2D eigenvalue weighted by molar-refractivity contribution is 5.99. The minimum Gasteiger partial charge on any atom is -0.456 e. The number of benzene rings is 3. The van der Waals surface area contributed by atoms with Gasteiger partial charge in [-0.05, 0) is 49.6 Å². The largest absolute Gasteiger partial charge is 0.456 e. The molecule has 0 unspecified atom stereocenters. The molecule has 0 aromatic heterocycles. The van der Waals surface area contributed by atoms with Crippen LogP contribution in [0, 0.1) is 20.8 Å². The number of fused-ring (bicyclic) bond motifs is 6. The van der Waals surface area contributed by atoms with E-state index in [2.05, 4.69) is 19.9 Å². The summed E-state index contributed by atoms with van der Waals surface area (Å²) in [6.45, 7) is 6.13. The number of carbonyl (C=O) groups is 1. The summed E-state index contributed by atoms with van der Waals surface area (Å²) in [6.07, 6.45) is 0. The summed E-state index contributed by atoms with van der Waals surface area (Å²) in [7, 11) is 0. The molecule has 0 aliphatic carbocycles. The van der Waals surface area contributed by atoms with Crippen LogP contribution in [0.4, 0.5) is 0 Å². The van der Waals surface area contributed by atoms with Crippen molar-refractivity contribution in [2.75, 3.05) is 0 Å². The Hall–Kier alpha value is -3.07. The quantitative estimate of drug-likeness (QED) is 0.528. The number of rotatable bonds is 0. The van der Waals surface area contributed by atoms with Gasteiger partial charge in [-0.25, -0.2) is 4.79 Å². The van der Waals surface area contributed by atoms with Crippen LogP contribution in [0.5, 0.6) is 11.5 Å². The highest BCUT2D eigenvalue weighted by Crippen LogP contribution is 2.56. The Morgan fingerprint density at radius 1 is 0.769 bits per heavy atom. The Morgan fingerprint density at radius 3 is 1.96 bits per heavy atom. The molecule has 3 aromatic rings. The van der Waals surface area contributed by atoms with Gasteiger partial charge >= 0.3 is 5.97 Å². The topological polar surface area (TPSA) is 35.5 Å². The summed E-state index contributed by atoms with van der Waals surface area (Å²) in [5.74, 6) is 1.18. The average Bonchev–Trinajstić information content (AvgIpc) is 2.93. The molecule has 0 N–H and O–H groups in total. The van der Waals surface area contributed by atoms with Gasteiger partial charge in [0.15, 0.2) is 5.60 Å². The van der Waals surface area contributed by atoms with E-state index >= 15 is 0 Å². The molecule has 2 heterocycles. The molecular weight excluding hydrogens is 324 g/mol. The third kappa shape index (κ3) is 1.70. The Kier molecular flexibility index (Phi) is 2.91. The maximum atomic E-state index is 13.0. The summed E-state index contributed by atoms with van der Waals surface area (Å²) in [5, 5.41) is 0. The predicted octanol–water partition coefficient (Wildman–Crippen LogP) is 5.18. The Labute approximate surface area is 152 Å². The van der Waals surface area contributed by atoms with Crippen molar-refractivity contribution in [3.8, 4) is 11.5 Å². The Bertz CT molecular complexity index is 1050. The highest BCUT2D eigenvalue weighted by atomic mass is 16.6. The Balaban J connectivity index is 1.95. The van der Waals surface area contributed by atoms with E-state index in [1.807, 2.05) is 55.5 Å². The molecule has 2 aliphatic rings. The van der Waals surface area contributed by atoms with Gasteiger partial charge in [0.25, 0.3) is 0 Å². The molecule has 0 bridgehead atoms. The lowest BCUT2D eigenvalue weighted by atomic mass is 9.76. The first kappa shape index (κ1) is 15.2. The van der Waals surface area contributed by atoms with Crippen LogP contribution in [0.25, 0.3) is 0 Å². The van der Waals surface area contributed by atoms with Gasteiger partial charge < -0.3 is 9.47 Å². The Morgan fingerprint density at radius 2 is 1.35 bits per heavy atom. The molecule has 0 amide bonds. The monoisotopic (exact) mass is 342 g/mol. The van der Waals surface area contributed by atoms with Gasteiger partial charge in [-0.2, -0.15) is 0 Å². The molecule has 0 atom stereocenters. The second kappa shape index (κ2) is 4.98. The van der Waals surface area contributed by atoms with Crippen LogP contribution < -0.4 is 4.74 Å². The fourth-order valence-corrected chi connectivity index (χ4v) is 4.22. The molecular formula is C23H18O3. The van der Waals surface area contributed by atoms with E-state index in [9.17, 15) is 4.79 Å². The molecule has 5 rings (SSSR count). The summed E-state index contributed by atoms with van der Waals surface area (Å²) < 4.78 is 12.3. The van der Waals surface area contributed by atoms with Crippen LogP contribution in [0.3, 0.4) is 0 Å². The van der Waals surface area contributed by atoms with Gasteiger partial charge in [0.2, 0.25) is 0 Å². The first-order valence-electron chi connectivity index (χ1n) is 8.75. The van der Waals surface area contributed by atoms with Crippen molar-refractivity contribution in [3.05, 3.63) is 93.5 Å². The van der Waals surface area contributed by atoms with Crippen LogP contribution in [-0.2, 0) is 10.3 Å². The third-order valence-electron chi connectivity index (χ3n) is 5.74. The van der Waals surface area contributed by atoms with Crippen LogP contribution >= 0.6 is 0 Å². The summed E-state index contributed by atoms with van der Waals surface area (Å²) in [5.41, 5.74) is 5.64. The lowest BCUT2D eigenvalue weighted by Crippen LogP contribution is -2.33. The fourth-order valence-electron chi connectivity index (χ4n) is 4.22. The van der Waals surface area contributed by atoms with E-state index < -0.39 is 5.60 Å². The van der Waals surface area contributed by atoms with Crippen molar-refractivity contribution >= 4 is 5.97 Å². The molecule has 2 aliphatic heterocycles. The van der Waals surface area contributed by atoms with Crippen LogP contribution in [0.2, 0.25) is 0 Å². The van der Waals surface area contributed by atoms with E-state index in [0.717, 1.165) is 44.9 Å². The number of ether oxygens (including phenoxy) is 2. The molecule has 0 radical (unpaired) electrons. The number of aryl methyl sites for hydroxylation is 1. The van der Waals surface area contributed by atoms with Gasteiger partial charge in [-0.15, -0.1) is 0 Å². The van der Waals surface area contributed by atoms with Crippen LogP contribution in [0.15, 0.2) is 54.6 Å². The van der Waals surface area contributed by atoms with Gasteiger partial charge in [-0.1, -0.05) is 42.5 Å². The zero-order valence-corrected chi connectivity index (χ0v) is 14.9. The number of hydrogen-bond acceptors (Lipinski definition) is 3. The smallest absolute Gasteiger partial charge is 0.340 e. The lowest BCUT2D eigenvalue weighted by molar-refractivity contribution is 0.0224. The molecule has 128 valence electrons. The standard InChI is InChI=1S/C23H18O3/c1-13-12-18-21(15(3)14(13)2)22(24)26-23(18)16-8-4-6-10-19(16)25-20-11-7-5-9-17(20)23/h4-12H,1-3H3. The molecule has 3 nitrogen and oxygen atoms in total. The van der Waals surface area contributed by atoms with Crippen molar-refractivity contribution in [2.45, 2.75) is 26.4 Å². The number of hydrogen-bond donors (Lipinski definition) is 0. The van der Waals surface area contributed by atoms with Crippen LogP contribution in [-0.4, -0.2) is 5.97 Å². The average molecular weight is 342 g/mol. The van der Waals surface area contributed by atoms with Crippen molar-refractivity contribution < 1.29 is 14.3 Å². The van der Waals surface area contributed by atoms with Gasteiger partial charge in [0, 0.05) is 16.7 Å². The fraction of sp³-hybridized carbons (Fsp3) is 0.174. The van der Waals surface area contributed by atoms with Crippen molar-refractivity contribution in [1.29, 1.82) is 0 Å². The highest BCUT2D eigenvalue weighted by Gasteiger charge is 2.54. The molecule has 3 heteroatoms. The number of carbonyl (C=O) groups excluding carboxylic acids is 1. The minimum atomic E-state index is -0.957. The van der Waals surface area contributed by atoms with E-state index in [1.54, 1.807) is 0 Å². The zero-order valence-electron chi connectivity index (χ0n) is 14.9. The first-order valence-corrected chi connectivity index (χ1v) is 8.75. The zero-order chi connectivity index (χ0) is 18.1. The van der Waals surface area contributed by atoms with Gasteiger partial charge in [0.05, 0.1) is 5.56 Å². The molecule has 3 aromatic carbocycles. The van der Waals surface area contributed by atoms with E-state index in [4.69, 9.17) is 9.47 Å². The van der Waals surface area contributed by atoms with Crippen molar-refractivity contribution in [3.63, 3.8) is 0 Å². The van der Waals surface area contributed by atoms with Crippen molar-refractivity contribution in [1.82, 2.24) is 0 Å². The molecule has 26 heavy (non-hydrogen) atoms. The molecule has 0 saturated carbocycles. The molecule has 0 saturated heterocycles. The molecule has 0 fully saturated rings. The summed E-state index contributed by atoms with van der Waals surface area (Å²) in [4.78, 5) is 13.0. The second-order valence-electron chi connectivity index (χ2n) is 7.03. The second-order valence-corrected chi connectivity index (χ2v) is 7.03. The van der Waals surface area contributed by atoms with Crippen molar-refractivity contribution in [2.24, 2.45) is 0 Å². The summed E-state index contributed by atoms with van der Waals surface area (Å²) in [6, 6.07) is 17.7. The number of esters is 1. The van der Waals surface area contributed by atoms with Gasteiger partial charge in [0.1, 0.15) is 11.5 Å². The maximum Gasteiger partial charge on any atom is 0.340 e. The normalized spacial score (nSPS) is 15.7. The predicted molar refractivity (Wildman–Crippen MR) is 98.9 cm³/mol. The van der Waals surface area contributed by atoms with E-state index in [1.165, 1.54) is 0 Å². The SMILES string of the molecule is Cc1cc2c(c(C)c1C)C(=O)OC21c2ccccc2Oc2ccccc21. The molecule has 1 spiro atoms. The minimum absolute atomic E-state index is 0.271. The van der Waals surface area contributed by atoms with Gasteiger partial charge in [-0.3, -0.25) is 0 Å². The lowest BCUT2D eigenvalue weighted by Gasteiger charge is -2.36. The van der Waals surface area contributed by atoms with E-state index in [-0.39, 0.29) is 5.97 Å². The van der Waals surface area contributed by atoms with Crippen LogP contribution in [0.1, 0.15) is 43.7 Å². The first-order chi connectivity index (χ1) is 12.5. The summed E-state index contributed by atoms with van der Waals surface area (Å²) >= 11 is 0.